The van der Waals surface area contributed by atoms with E-state index in [0.29, 0.717) is 5.69 Å². The largest absolute Gasteiger partial charge is 0.453 e. The summed E-state index contributed by atoms with van der Waals surface area (Å²) < 4.78 is 36.5. The predicted molar refractivity (Wildman–Crippen MR) is 56.4 cm³/mol. The molecule has 1 aromatic heterocycles. The quantitative estimate of drug-likeness (QED) is 0.671. The summed E-state index contributed by atoms with van der Waals surface area (Å²) in [4.78, 5) is 12.7. The molecular formula is C10H10ClF3N2O. The van der Waals surface area contributed by atoms with Gasteiger partial charge in [-0.25, -0.2) is 0 Å². The van der Waals surface area contributed by atoms with E-state index < -0.39 is 17.0 Å². The molecule has 1 rings (SSSR count). The summed E-state index contributed by atoms with van der Waals surface area (Å²) in [5.74, 6) is -2.03. The Labute approximate surface area is 101 Å². The van der Waals surface area contributed by atoms with Crippen LogP contribution in [0.25, 0.3) is 0 Å². The van der Waals surface area contributed by atoms with Crippen molar-refractivity contribution in [2.24, 2.45) is 0 Å². The smallest absolute Gasteiger partial charge is 0.287 e. The molecule has 0 aliphatic carbocycles. The molecule has 1 aromatic rings. The minimum atomic E-state index is -4.96. The molecule has 0 aliphatic rings. The zero-order chi connectivity index (χ0) is 13.1. The van der Waals surface area contributed by atoms with Crippen LogP contribution in [0, 0.1) is 0 Å². The Morgan fingerprint density at radius 3 is 2.59 bits per heavy atom. The van der Waals surface area contributed by atoms with E-state index in [1.165, 1.54) is 6.20 Å². The summed E-state index contributed by atoms with van der Waals surface area (Å²) in [5, 5.41) is 2.31. The number of nitrogens with zero attached hydrogens (tertiary/aromatic N) is 1. The number of aromatic nitrogens is 1. The van der Waals surface area contributed by atoms with Crippen LogP contribution in [0.2, 0.25) is 0 Å². The van der Waals surface area contributed by atoms with Crippen molar-refractivity contribution < 1.29 is 18.0 Å². The van der Waals surface area contributed by atoms with Gasteiger partial charge in [-0.3, -0.25) is 15.1 Å². The lowest BCUT2D eigenvalue weighted by Crippen LogP contribution is -2.50. The van der Waals surface area contributed by atoms with Gasteiger partial charge in [0.05, 0.1) is 5.69 Å². The van der Waals surface area contributed by atoms with Gasteiger partial charge in [0.1, 0.15) is 0 Å². The number of alkyl halides is 4. The van der Waals surface area contributed by atoms with Crippen LogP contribution in [0.5, 0.6) is 0 Å². The molecule has 94 valence electrons. The number of nitrogens with one attached hydrogen (secondary N) is 1. The fourth-order valence-corrected chi connectivity index (χ4v) is 1.28. The molecule has 1 atom stereocenters. The maximum Gasteiger partial charge on any atom is 0.453 e. The zero-order valence-electron chi connectivity index (χ0n) is 8.88. The van der Waals surface area contributed by atoms with Gasteiger partial charge in [0.15, 0.2) is 5.00 Å². The van der Waals surface area contributed by atoms with Crippen LogP contribution in [0.3, 0.4) is 0 Å². The van der Waals surface area contributed by atoms with E-state index in [0.717, 1.165) is 6.92 Å². The first-order valence-electron chi connectivity index (χ1n) is 4.69. The van der Waals surface area contributed by atoms with Crippen molar-refractivity contribution >= 4 is 17.4 Å². The molecule has 0 saturated heterocycles. The lowest BCUT2D eigenvalue weighted by molar-refractivity contribution is -0.174. The predicted octanol–water partition coefficient (Wildman–Crippen LogP) is 2.26. The van der Waals surface area contributed by atoms with Crippen molar-refractivity contribution in [3.63, 3.8) is 0 Å². The molecule has 0 bridgehead atoms. The SMILES string of the molecule is CC(Cl)(NCc1ccccn1)C(=O)C(F)(F)F. The first-order chi connectivity index (χ1) is 7.73. The van der Waals surface area contributed by atoms with E-state index in [4.69, 9.17) is 11.6 Å². The van der Waals surface area contributed by atoms with Crippen molar-refractivity contribution in [2.75, 3.05) is 0 Å². The molecule has 0 saturated carbocycles. The minimum absolute atomic E-state index is 0.0251. The van der Waals surface area contributed by atoms with Crippen LogP contribution in [0.4, 0.5) is 13.2 Å². The van der Waals surface area contributed by atoms with Gasteiger partial charge in [-0.1, -0.05) is 17.7 Å². The highest BCUT2D eigenvalue weighted by molar-refractivity contribution is 6.35. The van der Waals surface area contributed by atoms with E-state index in [1.54, 1.807) is 18.2 Å². The Bertz CT molecular complexity index is 392. The second-order valence-electron chi connectivity index (χ2n) is 3.50. The molecule has 1 heterocycles. The van der Waals surface area contributed by atoms with Crippen molar-refractivity contribution in [3.8, 4) is 0 Å². The fraction of sp³-hybridized carbons (Fsp3) is 0.400. The number of Topliss-reactive ketones (excluding diaryl/α,β-unsaturated/α-hetero) is 1. The lowest BCUT2D eigenvalue weighted by Gasteiger charge is -2.23. The number of carbonyl (C=O) groups excluding carboxylic acids is 1. The Kier molecular flexibility index (Phi) is 4.11. The Morgan fingerprint density at radius 1 is 1.47 bits per heavy atom. The highest BCUT2D eigenvalue weighted by Gasteiger charge is 2.49. The van der Waals surface area contributed by atoms with E-state index in [1.807, 2.05) is 0 Å². The van der Waals surface area contributed by atoms with Gasteiger partial charge in [0, 0.05) is 12.7 Å². The summed E-state index contributed by atoms with van der Waals surface area (Å²) in [6.45, 7) is 0.940. The minimum Gasteiger partial charge on any atom is -0.287 e. The number of rotatable bonds is 4. The van der Waals surface area contributed by atoms with Crippen LogP contribution in [-0.4, -0.2) is 21.9 Å². The Balaban J connectivity index is 2.65. The van der Waals surface area contributed by atoms with Gasteiger partial charge in [0.2, 0.25) is 0 Å². The molecule has 0 aromatic carbocycles. The number of ketones is 1. The second-order valence-corrected chi connectivity index (χ2v) is 4.26. The first-order valence-corrected chi connectivity index (χ1v) is 5.07. The van der Waals surface area contributed by atoms with Crippen LogP contribution >= 0.6 is 11.6 Å². The van der Waals surface area contributed by atoms with Crippen molar-refractivity contribution in [3.05, 3.63) is 30.1 Å². The Morgan fingerprint density at radius 2 is 2.12 bits per heavy atom. The van der Waals surface area contributed by atoms with Crippen molar-refractivity contribution in [2.45, 2.75) is 24.6 Å². The fourth-order valence-electron chi connectivity index (χ4n) is 1.11. The lowest BCUT2D eigenvalue weighted by atomic mass is 10.2. The molecule has 0 fully saturated rings. The van der Waals surface area contributed by atoms with Crippen LogP contribution in [0.15, 0.2) is 24.4 Å². The molecule has 0 spiro atoms. The molecule has 3 nitrogen and oxygen atoms in total. The van der Waals surface area contributed by atoms with Crippen LogP contribution < -0.4 is 5.32 Å². The van der Waals surface area contributed by atoms with E-state index >= 15 is 0 Å². The van der Waals surface area contributed by atoms with E-state index in [2.05, 4.69) is 10.3 Å². The van der Waals surface area contributed by atoms with Gasteiger partial charge in [0.25, 0.3) is 5.78 Å². The maximum atomic E-state index is 12.2. The van der Waals surface area contributed by atoms with Crippen LogP contribution in [0.1, 0.15) is 12.6 Å². The molecule has 1 N–H and O–H groups in total. The second kappa shape index (κ2) is 5.01. The van der Waals surface area contributed by atoms with Crippen LogP contribution in [-0.2, 0) is 11.3 Å². The molecule has 0 aliphatic heterocycles. The highest BCUT2D eigenvalue weighted by Crippen LogP contribution is 2.26. The summed E-state index contributed by atoms with van der Waals surface area (Å²) >= 11 is 5.51. The van der Waals surface area contributed by atoms with Crippen molar-refractivity contribution in [1.82, 2.24) is 10.3 Å². The normalized spacial score (nSPS) is 15.4. The summed E-state index contributed by atoms with van der Waals surface area (Å²) in [5.41, 5.74) is 0.495. The number of carbonyl (C=O) groups is 1. The van der Waals surface area contributed by atoms with Gasteiger partial charge in [-0.15, -0.1) is 0 Å². The third-order valence-corrected chi connectivity index (χ3v) is 2.32. The third kappa shape index (κ3) is 3.98. The molecular weight excluding hydrogens is 257 g/mol. The molecule has 1 unspecified atom stereocenters. The average molecular weight is 267 g/mol. The third-order valence-electron chi connectivity index (χ3n) is 2.01. The number of halogens is 4. The molecule has 0 radical (unpaired) electrons. The zero-order valence-corrected chi connectivity index (χ0v) is 9.64. The van der Waals surface area contributed by atoms with Crippen molar-refractivity contribution in [1.29, 1.82) is 0 Å². The average Bonchev–Trinajstić information content (AvgIpc) is 2.26. The van der Waals surface area contributed by atoms with Gasteiger partial charge >= 0.3 is 6.18 Å². The monoisotopic (exact) mass is 266 g/mol. The molecule has 17 heavy (non-hydrogen) atoms. The van der Waals surface area contributed by atoms with E-state index in [9.17, 15) is 18.0 Å². The van der Waals surface area contributed by atoms with Gasteiger partial charge in [-0.2, -0.15) is 13.2 Å². The maximum absolute atomic E-state index is 12.2. The summed E-state index contributed by atoms with van der Waals surface area (Å²) in [7, 11) is 0. The van der Waals surface area contributed by atoms with Gasteiger partial charge in [-0.05, 0) is 19.1 Å². The molecule has 0 amide bonds. The number of hydrogen-bond donors (Lipinski definition) is 1. The summed E-state index contributed by atoms with van der Waals surface area (Å²) in [6.07, 6.45) is -3.47. The van der Waals surface area contributed by atoms with E-state index in [-0.39, 0.29) is 6.54 Å². The van der Waals surface area contributed by atoms with Gasteiger partial charge < -0.3 is 0 Å². The number of pyridine rings is 1. The highest BCUT2D eigenvalue weighted by atomic mass is 35.5. The topological polar surface area (TPSA) is 42.0 Å². The summed E-state index contributed by atoms with van der Waals surface area (Å²) in [6, 6.07) is 4.96. The standard InChI is InChI=1S/C10H10ClF3N2O/c1-9(11,8(17)10(12,13)14)16-6-7-4-2-3-5-15-7/h2-5,16H,6H2,1H3. The number of hydrogen-bond acceptors (Lipinski definition) is 3. The first kappa shape index (κ1) is 13.9. The molecule has 7 heteroatoms. The Hall–Kier alpha value is -1.14.